The molecule has 1 saturated heterocycles. The van der Waals surface area contributed by atoms with E-state index in [2.05, 4.69) is 5.32 Å². The molecule has 0 spiro atoms. The van der Waals surface area contributed by atoms with Crippen LogP contribution in [-0.4, -0.2) is 65.9 Å². The number of amides is 3. The highest BCUT2D eigenvalue weighted by Crippen LogP contribution is 2.46. The van der Waals surface area contributed by atoms with Crippen LogP contribution >= 0.6 is 11.6 Å². The predicted octanol–water partition coefficient (Wildman–Crippen LogP) is 3.19. The lowest BCUT2D eigenvalue weighted by molar-refractivity contribution is -0.156. The summed E-state index contributed by atoms with van der Waals surface area (Å²) in [6, 6.07) is 6.54. The van der Waals surface area contributed by atoms with Gasteiger partial charge in [-0.25, -0.2) is 0 Å². The Morgan fingerprint density at radius 2 is 1.76 bits per heavy atom. The van der Waals surface area contributed by atoms with Crippen molar-refractivity contribution in [2.24, 2.45) is 11.3 Å². The second kappa shape index (κ2) is 10.9. The number of likely N-dealkylation sites (tertiary alicyclic amines) is 1. The van der Waals surface area contributed by atoms with Crippen molar-refractivity contribution in [3.8, 4) is 0 Å². The van der Waals surface area contributed by atoms with Crippen molar-refractivity contribution in [3.05, 3.63) is 34.9 Å². The molecule has 0 aromatic heterocycles. The number of nitrogens with one attached hydrogen (secondary N) is 1. The van der Waals surface area contributed by atoms with Crippen LogP contribution in [0.2, 0.25) is 5.02 Å². The maximum Gasteiger partial charge on any atom is 0.245 e. The third-order valence-electron chi connectivity index (χ3n) is 6.63. The van der Waals surface area contributed by atoms with E-state index in [-0.39, 0.29) is 30.1 Å². The summed E-state index contributed by atoms with van der Waals surface area (Å²) in [5.41, 5.74) is -0.915. The van der Waals surface area contributed by atoms with Crippen molar-refractivity contribution < 1.29 is 19.5 Å². The van der Waals surface area contributed by atoms with Gasteiger partial charge in [0.1, 0.15) is 6.04 Å². The molecule has 3 amide bonds. The Kier molecular flexibility index (Phi) is 8.94. The Morgan fingerprint density at radius 1 is 1.15 bits per heavy atom. The molecule has 7 nitrogen and oxygen atoms in total. The molecular weight excluding hydrogens is 442 g/mol. The lowest BCUT2D eigenvalue weighted by atomic mass is 9.66. The van der Waals surface area contributed by atoms with Crippen LogP contribution in [0.4, 0.5) is 0 Å². The number of piperidine rings is 1. The van der Waals surface area contributed by atoms with Crippen LogP contribution in [0, 0.1) is 11.3 Å². The van der Waals surface area contributed by atoms with Crippen molar-refractivity contribution in [1.29, 1.82) is 0 Å². The second-order valence-electron chi connectivity index (χ2n) is 10.2. The number of nitrogens with zero attached hydrogens (tertiary/aromatic N) is 2. The average molecular weight is 480 g/mol. The molecule has 1 heterocycles. The molecule has 2 N–H and O–H groups in total. The Bertz CT molecular complexity index is 854. The molecule has 1 aromatic rings. The third-order valence-corrected chi connectivity index (χ3v) is 6.88. The molecule has 0 radical (unpaired) electrons. The van der Waals surface area contributed by atoms with E-state index in [1.807, 2.05) is 39.8 Å². The van der Waals surface area contributed by atoms with Crippen molar-refractivity contribution in [1.82, 2.24) is 15.1 Å². The zero-order valence-corrected chi connectivity index (χ0v) is 21.4. The summed E-state index contributed by atoms with van der Waals surface area (Å²) in [5, 5.41) is 15.0. The summed E-state index contributed by atoms with van der Waals surface area (Å²) in [6.45, 7) is 8.45. The molecule has 184 valence electrons. The number of carbonyl (C=O) groups excluding carboxylic acids is 3. The van der Waals surface area contributed by atoms with Gasteiger partial charge in [0.2, 0.25) is 17.7 Å². The zero-order valence-electron chi connectivity index (χ0n) is 20.7. The van der Waals surface area contributed by atoms with Gasteiger partial charge in [0.05, 0.1) is 5.60 Å². The maximum atomic E-state index is 13.4. The van der Waals surface area contributed by atoms with Gasteiger partial charge in [0.25, 0.3) is 0 Å². The Hall–Kier alpha value is -2.12. The third kappa shape index (κ3) is 6.48. The summed E-state index contributed by atoms with van der Waals surface area (Å²) in [4.78, 5) is 40.8. The summed E-state index contributed by atoms with van der Waals surface area (Å²) in [5.74, 6) is -0.496. The van der Waals surface area contributed by atoms with Gasteiger partial charge in [-0.05, 0) is 36.5 Å². The number of aliphatic hydroxyl groups is 1. The van der Waals surface area contributed by atoms with Gasteiger partial charge in [-0.2, -0.15) is 0 Å². The zero-order chi connectivity index (χ0) is 25.0. The molecule has 0 saturated carbocycles. The van der Waals surface area contributed by atoms with E-state index >= 15 is 0 Å². The minimum atomic E-state index is -1.09. The van der Waals surface area contributed by atoms with E-state index in [4.69, 9.17) is 11.6 Å². The van der Waals surface area contributed by atoms with Crippen molar-refractivity contribution in [2.75, 3.05) is 27.2 Å². The molecule has 2 rings (SSSR count). The van der Waals surface area contributed by atoms with Crippen LogP contribution < -0.4 is 5.32 Å². The molecule has 33 heavy (non-hydrogen) atoms. The second-order valence-corrected chi connectivity index (χ2v) is 10.6. The van der Waals surface area contributed by atoms with Gasteiger partial charge in [0.15, 0.2) is 0 Å². The first kappa shape index (κ1) is 27.1. The first-order chi connectivity index (χ1) is 15.3. The molecule has 1 aliphatic heterocycles. The first-order valence-electron chi connectivity index (χ1n) is 11.6. The monoisotopic (exact) mass is 479 g/mol. The normalized spacial score (nSPS) is 20.9. The van der Waals surface area contributed by atoms with Crippen LogP contribution in [-0.2, 0) is 20.0 Å². The smallest absolute Gasteiger partial charge is 0.245 e. The molecule has 1 fully saturated rings. The molecule has 0 aliphatic carbocycles. The summed E-state index contributed by atoms with van der Waals surface area (Å²) in [6.07, 6.45) is 1.31. The number of rotatable bonds is 8. The summed E-state index contributed by atoms with van der Waals surface area (Å²) in [7, 11) is 3.37. The fourth-order valence-electron chi connectivity index (χ4n) is 4.35. The van der Waals surface area contributed by atoms with Gasteiger partial charge in [-0.1, -0.05) is 51.4 Å². The fourth-order valence-corrected chi connectivity index (χ4v) is 4.48. The quantitative estimate of drug-likeness (QED) is 0.599. The summed E-state index contributed by atoms with van der Waals surface area (Å²) < 4.78 is 0. The van der Waals surface area contributed by atoms with Crippen LogP contribution in [0.25, 0.3) is 0 Å². The molecule has 8 heteroatoms. The highest BCUT2D eigenvalue weighted by molar-refractivity contribution is 6.30. The lowest BCUT2D eigenvalue weighted by Crippen LogP contribution is -2.60. The topological polar surface area (TPSA) is 90.0 Å². The number of hydrogen-bond donors (Lipinski definition) is 2. The lowest BCUT2D eigenvalue weighted by Gasteiger charge is -2.51. The summed E-state index contributed by atoms with van der Waals surface area (Å²) >= 11 is 6.01. The average Bonchev–Trinajstić information content (AvgIpc) is 2.73. The Balaban J connectivity index is 2.05. The standard InChI is InChI=1S/C25H38ClN3O4/c1-17(2)22(27-20(30)8-7-9-21(31)28(5)6)23(32)29-15-14-25(33,24(3,4)16-29)18-10-12-19(26)13-11-18/h10-13,17,22,33H,7-9,14-16H2,1-6H3,(H,27,30). The highest BCUT2D eigenvalue weighted by atomic mass is 35.5. The van der Waals surface area contributed by atoms with Crippen LogP contribution in [0.3, 0.4) is 0 Å². The van der Waals surface area contributed by atoms with Crippen LogP contribution in [0.5, 0.6) is 0 Å². The number of carbonyl (C=O) groups is 3. The van der Waals surface area contributed by atoms with Crippen LogP contribution in [0.1, 0.15) is 58.9 Å². The van der Waals surface area contributed by atoms with E-state index < -0.39 is 17.1 Å². The minimum absolute atomic E-state index is 0.0250. The largest absolute Gasteiger partial charge is 0.384 e. The number of hydrogen-bond acceptors (Lipinski definition) is 4. The molecule has 1 aliphatic rings. The molecular formula is C25H38ClN3O4. The Morgan fingerprint density at radius 3 is 2.27 bits per heavy atom. The van der Waals surface area contributed by atoms with Crippen LogP contribution in [0.15, 0.2) is 24.3 Å². The van der Waals surface area contributed by atoms with Gasteiger partial charge in [0, 0.05) is 50.5 Å². The van der Waals surface area contributed by atoms with Gasteiger partial charge < -0.3 is 20.2 Å². The predicted molar refractivity (Wildman–Crippen MR) is 130 cm³/mol. The van der Waals surface area contributed by atoms with Gasteiger partial charge in [-0.15, -0.1) is 0 Å². The molecule has 0 bridgehead atoms. The van der Waals surface area contributed by atoms with E-state index in [9.17, 15) is 19.5 Å². The van der Waals surface area contributed by atoms with Crippen molar-refractivity contribution in [3.63, 3.8) is 0 Å². The Labute approximate surface area is 202 Å². The molecule has 1 aromatic carbocycles. The molecule has 2 atom stereocenters. The van der Waals surface area contributed by atoms with Gasteiger partial charge in [-0.3, -0.25) is 14.4 Å². The first-order valence-corrected chi connectivity index (χ1v) is 11.9. The SMILES string of the molecule is CC(C)C(NC(=O)CCCC(=O)N(C)C)C(=O)N1CCC(O)(c2ccc(Cl)cc2)C(C)(C)C1. The number of benzene rings is 1. The van der Waals surface area contributed by atoms with E-state index in [0.717, 1.165) is 5.56 Å². The van der Waals surface area contributed by atoms with Crippen molar-refractivity contribution >= 4 is 29.3 Å². The van der Waals surface area contributed by atoms with E-state index in [1.165, 1.54) is 4.90 Å². The minimum Gasteiger partial charge on any atom is -0.384 e. The van der Waals surface area contributed by atoms with E-state index in [1.54, 1.807) is 31.1 Å². The van der Waals surface area contributed by atoms with E-state index in [0.29, 0.717) is 37.4 Å². The fraction of sp³-hybridized carbons (Fsp3) is 0.640. The molecule has 2 unspecified atom stereocenters. The van der Waals surface area contributed by atoms with Gasteiger partial charge >= 0.3 is 0 Å². The maximum absolute atomic E-state index is 13.4. The van der Waals surface area contributed by atoms with Crippen molar-refractivity contribution in [2.45, 2.75) is 65.0 Å². The highest BCUT2D eigenvalue weighted by Gasteiger charge is 2.50. The number of halogens is 1.